The third-order valence-electron chi connectivity index (χ3n) is 10.5. The topological polar surface area (TPSA) is 318 Å². The standard InChI is InChI=1S/C46H46ClN7O13/c1-23-37(52-42(62)34(15-25-10-6-3-7-11-25)49-40(60)32-12-13-36(47)48-32)44(64)50-33(14-24-8-4-2-5-9-24)41(61)51-35(22-55)43(63)53-38(26-16-28(56)20-29(57)17-26)45(65)54-39(46(66)67-23)27-18-30(58)21-31(59)19-27/h2-13,16-21,23,33-35,37-39,48,55-59H,14-15,22H2,1H3,(H,49,60)(H,50,64)(H,51,61)(H,52,62)(H,53,63)(H,54,65)/t23-,33-,34+,35-,37-,38-,39+/m1/s1. The van der Waals surface area contributed by atoms with Gasteiger partial charge in [0.25, 0.3) is 5.91 Å². The number of amides is 6. The Morgan fingerprint density at radius 1 is 0.657 bits per heavy atom. The number of H-pyrrole nitrogens is 1. The first-order valence-corrected chi connectivity index (χ1v) is 21.0. The molecular weight excluding hydrogens is 894 g/mol. The molecule has 4 aromatic carbocycles. The van der Waals surface area contributed by atoms with Crippen LogP contribution in [0.4, 0.5) is 0 Å². The van der Waals surface area contributed by atoms with Crippen molar-refractivity contribution in [2.45, 2.75) is 62.1 Å². The first-order chi connectivity index (χ1) is 32.0. The van der Waals surface area contributed by atoms with Crippen LogP contribution in [0.15, 0.2) is 109 Å². The molecule has 2 heterocycles. The fourth-order valence-electron chi connectivity index (χ4n) is 7.17. The van der Waals surface area contributed by atoms with E-state index in [0.29, 0.717) is 11.1 Å². The van der Waals surface area contributed by atoms with Crippen molar-refractivity contribution in [2.24, 2.45) is 0 Å². The summed E-state index contributed by atoms with van der Waals surface area (Å²) in [6.07, 6.45) is -2.03. The van der Waals surface area contributed by atoms with E-state index >= 15 is 0 Å². The number of benzene rings is 4. The third kappa shape index (κ3) is 12.8. The molecule has 0 saturated carbocycles. The van der Waals surface area contributed by atoms with E-state index in [1.165, 1.54) is 19.1 Å². The number of nitrogens with one attached hydrogen (secondary N) is 7. The minimum absolute atomic E-state index is 0.000534. The molecule has 1 aliphatic heterocycles. The Morgan fingerprint density at radius 2 is 1.18 bits per heavy atom. The maximum atomic E-state index is 14.6. The molecule has 0 unspecified atom stereocenters. The minimum atomic E-state index is -1.97. The van der Waals surface area contributed by atoms with Crippen molar-refractivity contribution in [1.29, 1.82) is 0 Å². The number of ether oxygens (including phenoxy) is 1. The lowest BCUT2D eigenvalue weighted by Gasteiger charge is -2.31. The summed E-state index contributed by atoms with van der Waals surface area (Å²) < 4.78 is 5.80. The fraction of sp³-hybridized carbons (Fsp3) is 0.239. The van der Waals surface area contributed by atoms with Crippen molar-refractivity contribution in [3.8, 4) is 23.0 Å². The summed E-state index contributed by atoms with van der Waals surface area (Å²) in [5, 5.41) is 66.9. The van der Waals surface area contributed by atoms with Gasteiger partial charge in [0.15, 0.2) is 6.04 Å². The van der Waals surface area contributed by atoms with Gasteiger partial charge in [-0.2, -0.15) is 0 Å². The van der Waals surface area contributed by atoms with Crippen molar-refractivity contribution < 1.29 is 63.8 Å². The van der Waals surface area contributed by atoms with Gasteiger partial charge in [0.05, 0.1) is 6.61 Å². The number of aromatic nitrogens is 1. The highest BCUT2D eigenvalue weighted by molar-refractivity contribution is 6.29. The van der Waals surface area contributed by atoms with E-state index in [9.17, 15) is 59.1 Å². The van der Waals surface area contributed by atoms with E-state index in [-0.39, 0.29) is 34.8 Å². The summed E-state index contributed by atoms with van der Waals surface area (Å²) in [5.41, 5.74) is 0.565. The Bertz CT molecular complexity index is 2590. The van der Waals surface area contributed by atoms with E-state index in [0.717, 1.165) is 36.4 Å². The molecule has 21 heteroatoms. The van der Waals surface area contributed by atoms with Crippen molar-refractivity contribution >= 4 is 53.0 Å². The smallest absolute Gasteiger partial charge is 0.333 e. The lowest BCUT2D eigenvalue weighted by molar-refractivity contribution is -0.156. The highest BCUT2D eigenvalue weighted by Crippen LogP contribution is 2.29. The van der Waals surface area contributed by atoms with E-state index < -0.39 is 113 Å². The molecular formula is C46H46ClN7O13. The van der Waals surface area contributed by atoms with Gasteiger partial charge < -0.3 is 67.2 Å². The first kappa shape index (κ1) is 48.4. The fourth-order valence-corrected chi connectivity index (χ4v) is 7.33. The molecule has 1 aromatic heterocycles. The largest absolute Gasteiger partial charge is 0.508 e. The molecule has 67 heavy (non-hydrogen) atoms. The van der Waals surface area contributed by atoms with E-state index in [2.05, 4.69) is 36.9 Å². The Balaban J connectivity index is 1.44. The second-order valence-corrected chi connectivity index (χ2v) is 15.9. The van der Waals surface area contributed by atoms with Crippen molar-refractivity contribution in [3.63, 3.8) is 0 Å². The number of hydrogen-bond acceptors (Lipinski definition) is 13. The molecule has 1 saturated heterocycles. The zero-order chi connectivity index (χ0) is 48.4. The molecule has 5 aromatic rings. The lowest BCUT2D eigenvalue weighted by atomic mass is 10.0. The molecule has 7 atom stereocenters. The van der Waals surface area contributed by atoms with Crippen LogP contribution in [0.5, 0.6) is 23.0 Å². The Hall–Kier alpha value is -8.10. The van der Waals surface area contributed by atoms with E-state index in [1.54, 1.807) is 60.7 Å². The SMILES string of the molecule is C[C@H]1OC(=O)[C@H](c2cc(O)cc(O)c2)NC(=O)[C@@H](c2cc(O)cc(O)c2)NC(=O)[C@@H](CO)NC(=O)[C@@H](Cc2ccccc2)NC(=O)[C@@H]1NC(=O)[C@H](Cc1ccccc1)NC(=O)c1ccc(Cl)[nH]1. The second kappa shape index (κ2) is 21.7. The molecule has 6 rings (SSSR count). The molecule has 350 valence electrons. The van der Waals surface area contributed by atoms with E-state index in [4.69, 9.17) is 16.3 Å². The number of halogens is 1. The van der Waals surface area contributed by atoms with Gasteiger partial charge in [0, 0.05) is 25.0 Å². The monoisotopic (exact) mass is 939 g/mol. The number of aromatic amines is 1. The van der Waals surface area contributed by atoms with Crippen LogP contribution in [0, 0.1) is 0 Å². The number of phenols is 4. The van der Waals surface area contributed by atoms with Crippen LogP contribution in [-0.4, -0.2) is 109 Å². The second-order valence-electron chi connectivity index (χ2n) is 15.5. The molecule has 0 radical (unpaired) electrons. The average molecular weight is 940 g/mol. The molecule has 1 aliphatic rings. The summed E-state index contributed by atoms with van der Waals surface area (Å²) in [4.78, 5) is 102. The molecule has 0 aliphatic carbocycles. The summed E-state index contributed by atoms with van der Waals surface area (Å²) in [6.45, 7) is 0.155. The zero-order valence-electron chi connectivity index (χ0n) is 35.4. The highest BCUT2D eigenvalue weighted by atomic mass is 35.5. The summed E-state index contributed by atoms with van der Waals surface area (Å²) in [7, 11) is 0. The van der Waals surface area contributed by atoms with Gasteiger partial charge in [0.1, 0.15) is 70.2 Å². The average Bonchev–Trinajstić information content (AvgIpc) is 3.73. The zero-order valence-corrected chi connectivity index (χ0v) is 36.2. The number of esters is 1. The summed E-state index contributed by atoms with van der Waals surface area (Å²) in [6, 6.07) is 14.9. The van der Waals surface area contributed by atoms with Gasteiger partial charge in [-0.15, -0.1) is 0 Å². The highest BCUT2D eigenvalue weighted by Gasteiger charge is 2.39. The van der Waals surface area contributed by atoms with Crippen LogP contribution < -0.4 is 31.9 Å². The first-order valence-electron chi connectivity index (χ1n) is 20.6. The van der Waals surface area contributed by atoms with Gasteiger partial charge >= 0.3 is 5.97 Å². The van der Waals surface area contributed by atoms with Gasteiger partial charge in [0.2, 0.25) is 29.5 Å². The predicted molar refractivity (Wildman–Crippen MR) is 237 cm³/mol. The number of aliphatic hydroxyl groups excluding tert-OH is 1. The minimum Gasteiger partial charge on any atom is -0.508 e. The molecule has 12 N–H and O–H groups in total. The molecule has 0 spiro atoms. The molecule has 6 amide bonds. The number of cyclic esters (lactones) is 1. The third-order valence-corrected chi connectivity index (χ3v) is 10.7. The number of carbonyl (C=O) groups is 7. The number of carbonyl (C=O) groups excluding carboxylic acids is 7. The van der Waals surface area contributed by atoms with Crippen LogP contribution >= 0.6 is 11.6 Å². The van der Waals surface area contributed by atoms with Crippen LogP contribution in [0.2, 0.25) is 5.15 Å². The molecule has 1 fully saturated rings. The van der Waals surface area contributed by atoms with Gasteiger partial charge in [-0.05, 0) is 65.6 Å². The number of aromatic hydroxyl groups is 4. The summed E-state index contributed by atoms with van der Waals surface area (Å²) >= 11 is 6.01. The van der Waals surface area contributed by atoms with E-state index in [1.807, 2.05) is 0 Å². The Morgan fingerprint density at radius 3 is 1.73 bits per heavy atom. The van der Waals surface area contributed by atoms with Crippen molar-refractivity contribution in [2.75, 3.05) is 6.61 Å². The van der Waals surface area contributed by atoms with Gasteiger partial charge in [-0.1, -0.05) is 72.3 Å². The maximum Gasteiger partial charge on any atom is 0.333 e. The Kier molecular flexibility index (Phi) is 15.7. The van der Waals surface area contributed by atoms with Crippen LogP contribution in [-0.2, 0) is 46.3 Å². The number of rotatable bonds is 11. The van der Waals surface area contributed by atoms with Crippen LogP contribution in [0.3, 0.4) is 0 Å². The quantitative estimate of drug-likeness (QED) is 0.0830. The van der Waals surface area contributed by atoms with Gasteiger partial charge in [-0.25, -0.2) is 4.79 Å². The van der Waals surface area contributed by atoms with Crippen LogP contribution in [0.1, 0.15) is 51.7 Å². The van der Waals surface area contributed by atoms with Crippen LogP contribution in [0.25, 0.3) is 0 Å². The van der Waals surface area contributed by atoms with Crippen molar-refractivity contribution in [1.82, 2.24) is 36.9 Å². The Labute approximate surface area is 386 Å². The number of aliphatic hydroxyl groups is 1. The lowest BCUT2D eigenvalue weighted by Crippen LogP contribution is -2.62. The van der Waals surface area contributed by atoms with Gasteiger partial charge in [-0.3, -0.25) is 28.8 Å². The molecule has 20 nitrogen and oxygen atoms in total. The predicted octanol–water partition coefficient (Wildman–Crippen LogP) is 1.18. The maximum absolute atomic E-state index is 14.6. The van der Waals surface area contributed by atoms with Crippen molar-refractivity contribution in [3.05, 3.63) is 142 Å². The summed E-state index contributed by atoms with van der Waals surface area (Å²) in [5.74, 6) is -9.83. The molecule has 0 bridgehead atoms. The normalized spacial score (nSPS) is 21.1. The number of hydrogen-bond donors (Lipinski definition) is 12. The number of phenolic OH excluding ortho intramolecular Hbond substituents is 4.